The zero-order valence-electron chi connectivity index (χ0n) is 21.3. The number of nitrogens with zero attached hydrogens (tertiary/aromatic N) is 6. The van der Waals surface area contributed by atoms with Crippen LogP contribution in [0.5, 0.6) is 0 Å². The minimum atomic E-state index is -0.329. The van der Waals surface area contributed by atoms with E-state index in [4.69, 9.17) is 9.47 Å². The monoisotopic (exact) mass is 516 g/mol. The lowest BCUT2D eigenvalue weighted by Crippen LogP contribution is -2.07. The lowest BCUT2D eigenvalue weighted by molar-refractivity contribution is -0.147. The lowest BCUT2D eigenvalue weighted by Gasteiger charge is -2.04. The average Bonchev–Trinajstić information content (AvgIpc) is 3.61. The molecule has 4 rings (SSSR count). The molecule has 0 radical (unpaired) electrons. The Bertz CT molecular complexity index is 1170. The molecule has 10 nitrogen and oxygen atoms in total. The molecule has 0 aliphatic heterocycles. The van der Waals surface area contributed by atoms with Gasteiger partial charge in [0.05, 0.1) is 12.4 Å². The second-order valence-electron chi connectivity index (χ2n) is 8.95. The van der Waals surface area contributed by atoms with Gasteiger partial charge in [0.1, 0.15) is 24.6 Å². The third-order valence-electron chi connectivity index (χ3n) is 5.89. The van der Waals surface area contributed by atoms with Gasteiger partial charge in [-0.05, 0) is 36.8 Å². The van der Waals surface area contributed by atoms with Crippen molar-refractivity contribution in [3.63, 3.8) is 0 Å². The van der Waals surface area contributed by atoms with Crippen molar-refractivity contribution < 1.29 is 19.1 Å². The Labute approximate surface area is 221 Å². The van der Waals surface area contributed by atoms with Crippen molar-refractivity contribution in [2.75, 3.05) is 0 Å². The summed E-state index contributed by atoms with van der Waals surface area (Å²) in [4.78, 5) is 24.0. The van der Waals surface area contributed by atoms with Gasteiger partial charge in [-0.15, -0.1) is 10.2 Å². The smallest absolute Gasteiger partial charge is 0.306 e. The maximum absolute atomic E-state index is 12.0. The highest BCUT2D eigenvalue weighted by Gasteiger charge is 2.10. The Kier molecular flexibility index (Phi) is 10.1. The van der Waals surface area contributed by atoms with Crippen molar-refractivity contribution in [1.29, 1.82) is 0 Å². The fourth-order valence-corrected chi connectivity index (χ4v) is 3.80. The normalized spacial score (nSPS) is 10.8. The Hall–Kier alpha value is -4.34. The molecule has 0 fully saturated rings. The van der Waals surface area contributed by atoms with Crippen LogP contribution in [-0.2, 0) is 58.2 Å². The molecule has 0 saturated heterocycles. The molecule has 198 valence electrons. The molecule has 0 spiro atoms. The van der Waals surface area contributed by atoms with Crippen LogP contribution in [0.25, 0.3) is 0 Å². The van der Waals surface area contributed by atoms with Crippen molar-refractivity contribution in [2.45, 2.75) is 64.8 Å². The summed E-state index contributed by atoms with van der Waals surface area (Å²) in [5.41, 5.74) is 3.66. The van der Waals surface area contributed by atoms with E-state index in [1.807, 2.05) is 36.4 Å². The summed E-state index contributed by atoms with van der Waals surface area (Å²) in [5, 5.41) is 16.3. The first-order chi connectivity index (χ1) is 18.6. The van der Waals surface area contributed by atoms with Crippen LogP contribution in [0.1, 0.15) is 48.2 Å². The SMILES string of the molecule is O=C(CCCCC(=O)OCc1cn(CCc2ccccc2)nn1)OCc1cn(CCc2ccccc2)nn1. The fourth-order valence-electron chi connectivity index (χ4n) is 3.80. The van der Waals surface area contributed by atoms with Gasteiger partial charge in [-0.25, -0.2) is 0 Å². The van der Waals surface area contributed by atoms with E-state index >= 15 is 0 Å². The number of ether oxygens (including phenoxy) is 2. The molecule has 0 atom stereocenters. The van der Waals surface area contributed by atoms with Crippen molar-refractivity contribution in [3.8, 4) is 0 Å². The van der Waals surface area contributed by atoms with E-state index in [1.165, 1.54) is 11.1 Å². The molecular formula is C28H32N6O4. The summed E-state index contributed by atoms with van der Waals surface area (Å²) in [6.45, 7) is 1.57. The number of unbranched alkanes of at least 4 members (excludes halogenated alkanes) is 1. The number of carbonyl (C=O) groups is 2. The molecule has 10 heteroatoms. The van der Waals surface area contributed by atoms with Crippen molar-refractivity contribution >= 4 is 11.9 Å². The Morgan fingerprint density at radius 2 is 1.05 bits per heavy atom. The number of hydrogen-bond acceptors (Lipinski definition) is 8. The van der Waals surface area contributed by atoms with E-state index < -0.39 is 0 Å². The van der Waals surface area contributed by atoms with Crippen LogP contribution in [0.4, 0.5) is 0 Å². The first-order valence-corrected chi connectivity index (χ1v) is 12.8. The summed E-state index contributed by atoms with van der Waals surface area (Å²) in [7, 11) is 0. The molecular weight excluding hydrogens is 484 g/mol. The molecule has 0 saturated carbocycles. The Balaban J connectivity index is 1.04. The highest BCUT2D eigenvalue weighted by Crippen LogP contribution is 2.08. The minimum absolute atomic E-state index is 0.0816. The number of carbonyl (C=O) groups excluding carboxylic acids is 2. The zero-order chi connectivity index (χ0) is 26.4. The third-order valence-corrected chi connectivity index (χ3v) is 5.89. The van der Waals surface area contributed by atoms with E-state index in [0.29, 0.717) is 37.3 Å². The molecule has 2 aromatic carbocycles. The predicted octanol–water partition coefficient (Wildman–Crippen LogP) is 3.70. The largest absolute Gasteiger partial charge is 0.459 e. The number of aromatic nitrogens is 6. The number of rotatable bonds is 15. The Morgan fingerprint density at radius 1 is 0.632 bits per heavy atom. The molecule has 0 bridgehead atoms. The summed E-state index contributed by atoms with van der Waals surface area (Å²) in [5.74, 6) is -0.659. The van der Waals surface area contributed by atoms with Crippen molar-refractivity contribution in [1.82, 2.24) is 30.0 Å². The van der Waals surface area contributed by atoms with Crippen molar-refractivity contribution in [3.05, 3.63) is 95.6 Å². The molecule has 0 aliphatic rings. The maximum atomic E-state index is 12.0. The summed E-state index contributed by atoms with van der Waals surface area (Å²) in [6, 6.07) is 20.3. The van der Waals surface area contributed by atoms with Gasteiger partial charge in [0.15, 0.2) is 0 Å². The van der Waals surface area contributed by atoms with Gasteiger partial charge in [-0.1, -0.05) is 71.1 Å². The summed E-state index contributed by atoms with van der Waals surface area (Å²) >= 11 is 0. The first-order valence-electron chi connectivity index (χ1n) is 12.8. The second-order valence-corrected chi connectivity index (χ2v) is 8.95. The Morgan fingerprint density at radius 3 is 1.47 bits per heavy atom. The van der Waals surface area contributed by atoms with E-state index in [9.17, 15) is 9.59 Å². The topological polar surface area (TPSA) is 114 Å². The van der Waals surface area contributed by atoms with Gasteiger partial charge in [0.25, 0.3) is 0 Å². The van der Waals surface area contributed by atoms with Gasteiger partial charge in [-0.2, -0.15) is 0 Å². The van der Waals surface area contributed by atoms with E-state index in [2.05, 4.69) is 44.9 Å². The van der Waals surface area contributed by atoms with E-state index in [-0.39, 0.29) is 38.0 Å². The molecule has 0 N–H and O–H groups in total. The van der Waals surface area contributed by atoms with Crippen LogP contribution in [0.2, 0.25) is 0 Å². The molecule has 38 heavy (non-hydrogen) atoms. The fraction of sp³-hybridized carbons (Fsp3) is 0.357. The van der Waals surface area contributed by atoms with Crippen LogP contribution in [-0.4, -0.2) is 41.9 Å². The minimum Gasteiger partial charge on any atom is -0.459 e. The highest BCUT2D eigenvalue weighted by atomic mass is 16.5. The zero-order valence-corrected chi connectivity index (χ0v) is 21.3. The van der Waals surface area contributed by atoms with Gasteiger partial charge in [-0.3, -0.25) is 19.0 Å². The van der Waals surface area contributed by atoms with Crippen LogP contribution in [0.15, 0.2) is 73.1 Å². The summed E-state index contributed by atoms with van der Waals surface area (Å²) in [6.07, 6.45) is 6.79. The second kappa shape index (κ2) is 14.4. The lowest BCUT2D eigenvalue weighted by atomic mass is 10.1. The molecule has 0 amide bonds. The number of hydrogen-bond donors (Lipinski definition) is 0. The van der Waals surface area contributed by atoms with Gasteiger partial charge >= 0.3 is 11.9 Å². The van der Waals surface area contributed by atoms with Crippen LogP contribution < -0.4 is 0 Å². The van der Waals surface area contributed by atoms with Crippen LogP contribution >= 0.6 is 0 Å². The third kappa shape index (κ3) is 9.27. The maximum Gasteiger partial charge on any atom is 0.306 e. The molecule has 4 aromatic rings. The van der Waals surface area contributed by atoms with Gasteiger partial charge < -0.3 is 9.47 Å². The molecule has 2 heterocycles. The first kappa shape index (κ1) is 26.7. The van der Waals surface area contributed by atoms with Gasteiger partial charge in [0, 0.05) is 25.9 Å². The quantitative estimate of drug-likeness (QED) is 0.174. The van der Waals surface area contributed by atoms with E-state index in [0.717, 1.165) is 12.8 Å². The number of benzene rings is 2. The van der Waals surface area contributed by atoms with Crippen LogP contribution in [0.3, 0.4) is 0 Å². The molecule has 0 unspecified atom stereocenters. The standard InChI is InChI=1S/C28H32N6O4/c35-27(37-21-25-19-33(31-29-25)17-15-23-9-3-1-4-10-23)13-7-8-14-28(36)38-22-26-20-34(32-30-26)18-16-24-11-5-2-6-12-24/h1-6,9-12,19-20H,7-8,13-18,21-22H2. The van der Waals surface area contributed by atoms with E-state index in [1.54, 1.807) is 21.8 Å². The van der Waals surface area contributed by atoms with Crippen LogP contribution in [0, 0.1) is 0 Å². The molecule has 2 aromatic heterocycles. The average molecular weight is 517 g/mol. The van der Waals surface area contributed by atoms with Gasteiger partial charge in [0.2, 0.25) is 0 Å². The van der Waals surface area contributed by atoms with Crippen molar-refractivity contribution in [2.24, 2.45) is 0 Å². The summed E-state index contributed by atoms with van der Waals surface area (Å²) < 4.78 is 14.0. The highest BCUT2D eigenvalue weighted by molar-refractivity contribution is 5.70. The predicted molar refractivity (Wildman–Crippen MR) is 138 cm³/mol. The number of esters is 2. The number of aryl methyl sites for hydroxylation is 4. The molecule has 0 aliphatic carbocycles.